The number of anilines is 2. The molecule has 270 valence electrons. The van der Waals surface area contributed by atoms with Gasteiger partial charge in [0.1, 0.15) is 0 Å². The number of carbonyl (C=O) groups excluding carboxylic acids is 3. The van der Waals surface area contributed by atoms with E-state index in [4.69, 9.17) is 5.73 Å². The molecule has 0 aliphatic carbocycles. The zero-order chi connectivity index (χ0) is 37.1. The van der Waals surface area contributed by atoms with Gasteiger partial charge in [0.2, 0.25) is 15.9 Å². The molecule has 3 amide bonds. The van der Waals surface area contributed by atoms with E-state index >= 15 is 0 Å². The maximum atomic E-state index is 13.9. The second-order valence-corrected chi connectivity index (χ2v) is 14.7. The van der Waals surface area contributed by atoms with Crippen LogP contribution in [0, 0.1) is 0 Å². The molecule has 0 aromatic heterocycles. The van der Waals surface area contributed by atoms with Crippen LogP contribution in [0.2, 0.25) is 0 Å². The molecule has 0 radical (unpaired) electrons. The Balaban J connectivity index is 1.55. The van der Waals surface area contributed by atoms with Crippen LogP contribution in [-0.4, -0.2) is 58.1 Å². The third-order valence-electron chi connectivity index (χ3n) is 8.74. The molecule has 0 spiro atoms. The number of sulfonamides is 1. The fourth-order valence-electron chi connectivity index (χ4n) is 5.55. The van der Waals surface area contributed by atoms with Gasteiger partial charge in [0, 0.05) is 36.4 Å². The summed E-state index contributed by atoms with van der Waals surface area (Å²) in [4.78, 5) is 40.6. The van der Waals surface area contributed by atoms with Crippen molar-refractivity contribution in [2.45, 2.75) is 57.8 Å². The number of nitrogens with one attached hydrogen (secondary N) is 4. The lowest BCUT2D eigenvalue weighted by Crippen LogP contribution is -2.49. The number of benzene rings is 4. The van der Waals surface area contributed by atoms with Gasteiger partial charge in [0.05, 0.1) is 30.1 Å². The van der Waals surface area contributed by atoms with Gasteiger partial charge < -0.3 is 27.0 Å². The summed E-state index contributed by atoms with van der Waals surface area (Å²) < 4.78 is 26.1. The van der Waals surface area contributed by atoms with E-state index in [1.165, 1.54) is 25.2 Å². The van der Waals surface area contributed by atoms with Crippen molar-refractivity contribution in [3.8, 4) is 0 Å². The Labute approximate surface area is 301 Å². The van der Waals surface area contributed by atoms with Crippen molar-refractivity contribution >= 4 is 39.1 Å². The number of hydrogen-bond donors (Lipinski definition) is 5. The van der Waals surface area contributed by atoms with Crippen LogP contribution in [0.15, 0.2) is 103 Å². The molecule has 0 heterocycles. The summed E-state index contributed by atoms with van der Waals surface area (Å²) >= 11 is 0. The van der Waals surface area contributed by atoms with Gasteiger partial charge in [-0.15, -0.1) is 0 Å². The van der Waals surface area contributed by atoms with Crippen molar-refractivity contribution < 1.29 is 22.8 Å². The van der Waals surface area contributed by atoms with E-state index in [0.717, 1.165) is 27.3 Å². The molecule has 0 bridgehead atoms. The lowest BCUT2D eigenvalue weighted by atomic mass is 10.0. The first-order valence-corrected chi connectivity index (χ1v) is 18.8. The van der Waals surface area contributed by atoms with Gasteiger partial charge >= 0.3 is 0 Å². The van der Waals surface area contributed by atoms with Crippen molar-refractivity contribution in [2.24, 2.45) is 0 Å². The van der Waals surface area contributed by atoms with Gasteiger partial charge in [0.15, 0.2) is 0 Å². The van der Waals surface area contributed by atoms with E-state index in [0.29, 0.717) is 18.5 Å². The lowest BCUT2D eigenvalue weighted by Gasteiger charge is -2.24. The minimum Gasteiger partial charge on any atom is -0.399 e. The third kappa shape index (κ3) is 11.1. The van der Waals surface area contributed by atoms with Gasteiger partial charge in [-0.1, -0.05) is 79.7 Å². The molecule has 4 rings (SSSR count). The average Bonchev–Trinajstić information content (AvgIpc) is 3.12. The maximum absolute atomic E-state index is 13.9. The summed E-state index contributed by atoms with van der Waals surface area (Å²) in [5, 5.41) is 12.3. The SMILES string of the molecule is CC[C@@H](NC(=O)c1cc(C(=O)N[C@H](CN[C@@H](C)C(=O)N[C@H](C)c2ccc(N)cc2)Cc2ccccc2)cc(N(C)S(C)(=O)=O)c1)c1ccccc1. The fourth-order valence-corrected chi connectivity index (χ4v) is 6.04. The van der Waals surface area contributed by atoms with E-state index in [9.17, 15) is 22.8 Å². The molecule has 4 aromatic carbocycles. The summed E-state index contributed by atoms with van der Waals surface area (Å²) in [5.74, 6) is -1.16. The number of nitrogen functional groups attached to an aromatic ring is 1. The summed E-state index contributed by atoms with van der Waals surface area (Å²) in [6.45, 7) is 5.84. The Kier molecular flexibility index (Phi) is 13.4. The molecule has 6 N–H and O–H groups in total. The second kappa shape index (κ2) is 17.6. The number of rotatable bonds is 16. The van der Waals surface area contributed by atoms with Crippen LogP contribution in [0.3, 0.4) is 0 Å². The van der Waals surface area contributed by atoms with Crippen LogP contribution in [0.1, 0.15) is 76.7 Å². The average molecular weight is 713 g/mol. The Bertz CT molecular complexity index is 1890. The van der Waals surface area contributed by atoms with Crippen molar-refractivity contribution in [3.05, 3.63) is 131 Å². The second-order valence-electron chi connectivity index (χ2n) is 12.7. The molecule has 0 saturated heterocycles. The smallest absolute Gasteiger partial charge is 0.251 e. The third-order valence-corrected chi connectivity index (χ3v) is 9.94. The van der Waals surface area contributed by atoms with Crippen LogP contribution in [0.4, 0.5) is 11.4 Å². The predicted octanol–water partition coefficient (Wildman–Crippen LogP) is 4.74. The minimum atomic E-state index is -3.71. The van der Waals surface area contributed by atoms with Gasteiger partial charge in [-0.25, -0.2) is 8.42 Å². The predicted molar refractivity (Wildman–Crippen MR) is 203 cm³/mol. The minimum absolute atomic E-state index is 0.113. The van der Waals surface area contributed by atoms with Crippen molar-refractivity contribution in [3.63, 3.8) is 0 Å². The highest BCUT2D eigenvalue weighted by Crippen LogP contribution is 2.23. The van der Waals surface area contributed by atoms with Gasteiger partial charge in [-0.2, -0.15) is 0 Å². The molecule has 11 nitrogen and oxygen atoms in total. The quantitative estimate of drug-likeness (QED) is 0.105. The summed E-state index contributed by atoms with van der Waals surface area (Å²) in [7, 11) is -2.34. The molecular formula is C39H48N6O5S. The summed E-state index contributed by atoms with van der Waals surface area (Å²) in [6.07, 6.45) is 2.12. The zero-order valence-corrected chi connectivity index (χ0v) is 30.5. The maximum Gasteiger partial charge on any atom is 0.251 e. The number of amides is 3. The Morgan fingerprint density at radius 2 is 1.33 bits per heavy atom. The standard InChI is InChI=1S/C39H48N6O5S/c1-6-36(30-15-11-8-12-16-30)44-39(48)32-22-31(23-35(24-32)45(4)51(5,49)50)38(47)43-34(21-28-13-9-7-10-14-28)25-41-27(3)37(46)42-26(2)29-17-19-33(40)20-18-29/h7-20,22-24,26-27,34,36,41H,6,21,25,40H2,1-5H3,(H,42,46)(H,43,47)(H,44,48)/t26-,27+,34+,36-/m1/s1. The Morgan fingerprint density at radius 3 is 1.90 bits per heavy atom. The molecule has 0 saturated carbocycles. The van der Waals surface area contributed by atoms with Crippen LogP contribution in [-0.2, 0) is 21.2 Å². The first-order valence-electron chi connectivity index (χ1n) is 16.9. The molecule has 0 aliphatic rings. The summed E-state index contributed by atoms with van der Waals surface area (Å²) in [5.41, 5.74) is 9.67. The number of nitrogens with two attached hydrogens (primary N) is 1. The largest absolute Gasteiger partial charge is 0.399 e. The van der Waals surface area contributed by atoms with Crippen LogP contribution in [0.5, 0.6) is 0 Å². The van der Waals surface area contributed by atoms with E-state index in [1.807, 2.05) is 86.6 Å². The molecule has 4 atom stereocenters. The van der Waals surface area contributed by atoms with Gasteiger partial charge in [-0.05, 0) is 73.7 Å². The number of nitrogens with zero attached hydrogens (tertiary/aromatic N) is 1. The lowest BCUT2D eigenvalue weighted by molar-refractivity contribution is -0.123. The van der Waals surface area contributed by atoms with Crippen molar-refractivity contribution in [2.75, 3.05) is 29.9 Å². The van der Waals surface area contributed by atoms with E-state index in [1.54, 1.807) is 19.1 Å². The molecule has 0 aliphatic heterocycles. The fraction of sp³-hybridized carbons (Fsp3) is 0.308. The molecular weight excluding hydrogens is 665 g/mol. The van der Waals surface area contributed by atoms with Crippen LogP contribution < -0.4 is 31.3 Å². The molecule has 0 unspecified atom stereocenters. The van der Waals surface area contributed by atoms with Crippen LogP contribution in [0.25, 0.3) is 0 Å². The first-order chi connectivity index (χ1) is 24.2. The first kappa shape index (κ1) is 38.6. The molecule has 12 heteroatoms. The molecule has 0 fully saturated rings. The van der Waals surface area contributed by atoms with Gasteiger partial charge in [0.25, 0.3) is 11.8 Å². The monoisotopic (exact) mass is 712 g/mol. The van der Waals surface area contributed by atoms with E-state index in [-0.39, 0.29) is 41.3 Å². The molecule has 51 heavy (non-hydrogen) atoms. The van der Waals surface area contributed by atoms with Gasteiger partial charge in [-0.3, -0.25) is 18.7 Å². The van der Waals surface area contributed by atoms with E-state index in [2.05, 4.69) is 21.3 Å². The highest BCUT2D eigenvalue weighted by molar-refractivity contribution is 7.92. The van der Waals surface area contributed by atoms with Crippen molar-refractivity contribution in [1.29, 1.82) is 0 Å². The normalized spacial score (nSPS) is 13.7. The van der Waals surface area contributed by atoms with Crippen LogP contribution >= 0.6 is 0 Å². The van der Waals surface area contributed by atoms with Crippen molar-refractivity contribution in [1.82, 2.24) is 21.3 Å². The Morgan fingerprint density at radius 1 is 0.765 bits per heavy atom. The van der Waals surface area contributed by atoms with E-state index < -0.39 is 33.9 Å². The summed E-state index contributed by atoms with van der Waals surface area (Å²) in [6, 6.07) is 29.2. The molecule has 4 aromatic rings. The highest BCUT2D eigenvalue weighted by Gasteiger charge is 2.23. The highest BCUT2D eigenvalue weighted by atomic mass is 32.2. The topological polar surface area (TPSA) is 163 Å². The number of hydrogen-bond acceptors (Lipinski definition) is 7. The Hall–Kier alpha value is -5.20. The zero-order valence-electron chi connectivity index (χ0n) is 29.7. The number of carbonyl (C=O) groups is 3.